The van der Waals surface area contributed by atoms with Crippen LogP contribution in [-0.4, -0.2) is 17.4 Å². The lowest BCUT2D eigenvalue weighted by atomic mass is 10.1. The Morgan fingerprint density at radius 2 is 2.06 bits per heavy atom. The van der Waals surface area contributed by atoms with Gasteiger partial charge < -0.3 is 10.5 Å². The molecule has 0 aliphatic heterocycles. The van der Waals surface area contributed by atoms with Crippen LogP contribution in [0.2, 0.25) is 0 Å². The maximum absolute atomic E-state index is 12.3. The zero-order valence-corrected chi connectivity index (χ0v) is 10.1. The monoisotopic (exact) mass is 242 g/mol. The predicted molar refractivity (Wildman–Crippen MR) is 69.7 cm³/mol. The number of aromatic nitrogens is 1. The Balaban J connectivity index is 2.43. The molecular formula is C14H14N2O2. The van der Waals surface area contributed by atoms with Crippen LogP contribution in [-0.2, 0) is 0 Å². The lowest BCUT2D eigenvalue weighted by molar-refractivity contribution is 0.103. The average molecular weight is 242 g/mol. The van der Waals surface area contributed by atoms with E-state index in [4.69, 9.17) is 10.5 Å². The van der Waals surface area contributed by atoms with Gasteiger partial charge >= 0.3 is 0 Å². The second kappa shape index (κ2) is 5.31. The molecule has 0 amide bonds. The molecule has 4 heteroatoms. The summed E-state index contributed by atoms with van der Waals surface area (Å²) < 4.78 is 5.43. The van der Waals surface area contributed by atoms with Crippen LogP contribution >= 0.6 is 0 Å². The van der Waals surface area contributed by atoms with E-state index in [2.05, 4.69) is 4.98 Å². The smallest absolute Gasteiger partial charge is 0.217 e. The van der Waals surface area contributed by atoms with Crippen LogP contribution in [0.1, 0.15) is 23.0 Å². The summed E-state index contributed by atoms with van der Waals surface area (Å²) in [7, 11) is 0. The minimum Gasteiger partial charge on any atom is -0.493 e. The van der Waals surface area contributed by atoms with Crippen LogP contribution in [0.25, 0.3) is 0 Å². The van der Waals surface area contributed by atoms with Gasteiger partial charge in [-0.3, -0.25) is 9.78 Å². The van der Waals surface area contributed by atoms with Gasteiger partial charge in [0.2, 0.25) is 5.78 Å². The zero-order chi connectivity index (χ0) is 13.0. The number of pyridine rings is 1. The van der Waals surface area contributed by atoms with Gasteiger partial charge in [0.25, 0.3) is 0 Å². The largest absolute Gasteiger partial charge is 0.493 e. The summed E-state index contributed by atoms with van der Waals surface area (Å²) in [5.41, 5.74) is 6.86. The number of nitrogens with two attached hydrogens (primary N) is 1. The molecule has 2 N–H and O–H groups in total. The van der Waals surface area contributed by atoms with Gasteiger partial charge in [0, 0.05) is 6.20 Å². The normalized spacial score (nSPS) is 10.1. The minimum absolute atomic E-state index is 0.225. The first-order chi connectivity index (χ1) is 8.74. The summed E-state index contributed by atoms with van der Waals surface area (Å²) >= 11 is 0. The van der Waals surface area contributed by atoms with Gasteiger partial charge in [0.15, 0.2) is 0 Å². The van der Waals surface area contributed by atoms with E-state index in [0.717, 1.165) is 0 Å². The second-order valence-electron chi connectivity index (χ2n) is 3.70. The van der Waals surface area contributed by atoms with Crippen molar-refractivity contribution in [2.45, 2.75) is 6.92 Å². The number of anilines is 1. The Hall–Kier alpha value is -2.36. The fourth-order valence-corrected chi connectivity index (χ4v) is 1.67. The molecule has 0 fully saturated rings. The summed E-state index contributed by atoms with van der Waals surface area (Å²) in [6.45, 7) is 2.37. The number of ether oxygens (including phenoxy) is 1. The van der Waals surface area contributed by atoms with Gasteiger partial charge in [-0.15, -0.1) is 0 Å². The third-order valence-corrected chi connectivity index (χ3v) is 2.49. The number of carbonyl (C=O) groups is 1. The maximum Gasteiger partial charge on any atom is 0.217 e. The summed E-state index contributed by atoms with van der Waals surface area (Å²) in [5.74, 6) is 0.326. The van der Waals surface area contributed by atoms with E-state index in [0.29, 0.717) is 23.6 Å². The predicted octanol–water partition coefficient (Wildman–Crippen LogP) is 2.29. The maximum atomic E-state index is 12.3. The number of rotatable bonds is 4. The molecule has 0 saturated carbocycles. The van der Waals surface area contributed by atoms with E-state index >= 15 is 0 Å². The van der Waals surface area contributed by atoms with Crippen molar-refractivity contribution in [3.63, 3.8) is 0 Å². The fourth-order valence-electron chi connectivity index (χ4n) is 1.67. The van der Waals surface area contributed by atoms with E-state index in [1.54, 1.807) is 36.5 Å². The summed E-state index contributed by atoms with van der Waals surface area (Å²) in [6, 6.07) is 10.4. The van der Waals surface area contributed by atoms with Crippen molar-refractivity contribution in [1.82, 2.24) is 4.98 Å². The first kappa shape index (κ1) is 12.1. The Labute approximate surface area is 105 Å². The number of nitrogen functional groups attached to an aromatic ring is 1. The molecule has 0 unspecified atom stereocenters. The highest BCUT2D eigenvalue weighted by atomic mass is 16.5. The highest BCUT2D eigenvalue weighted by molar-refractivity contribution is 6.12. The fraction of sp³-hybridized carbons (Fsp3) is 0.143. The number of benzene rings is 1. The zero-order valence-electron chi connectivity index (χ0n) is 10.1. The van der Waals surface area contributed by atoms with E-state index in [1.165, 1.54) is 0 Å². The molecule has 0 aliphatic rings. The number of hydrogen-bond acceptors (Lipinski definition) is 4. The van der Waals surface area contributed by atoms with Crippen LogP contribution in [0.3, 0.4) is 0 Å². The number of hydrogen-bond donors (Lipinski definition) is 1. The first-order valence-electron chi connectivity index (χ1n) is 5.71. The second-order valence-corrected chi connectivity index (χ2v) is 3.70. The Bertz CT molecular complexity index is 567. The molecule has 0 atom stereocenters. The van der Waals surface area contributed by atoms with Crippen molar-refractivity contribution in [3.8, 4) is 5.75 Å². The van der Waals surface area contributed by atoms with Crippen LogP contribution in [0.4, 0.5) is 5.69 Å². The van der Waals surface area contributed by atoms with Crippen molar-refractivity contribution >= 4 is 11.5 Å². The van der Waals surface area contributed by atoms with Gasteiger partial charge in [-0.05, 0) is 31.2 Å². The SMILES string of the molecule is CCOc1ccccc1C(=O)c1ncccc1N. The highest BCUT2D eigenvalue weighted by Crippen LogP contribution is 2.22. The van der Waals surface area contributed by atoms with Crippen molar-refractivity contribution in [2.75, 3.05) is 12.3 Å². The molecule has 4 nitrogen and oxygen atoms in total. The van der Waals surface area contributed by atoms with Crippen molar-refractivity contribution in [3.05, 3.63) is 53.9 Å². The third kappa shape index (κ3) is 2.32. The van der Waals surface area contributed by atoms with Crippen LogP contribution in [0.5, 0.6) is 5.75 Å². The van der Waals surface area contributed by atoms with Crippen LogP contribution < -0.4 is 10.5 Å². The number of carbonyl (C=O) groups excluding carboxylic acids is 1. The summed E-state index contributed by atoms with van der Waals surface area (Å²) in [5, 5.41) is 0. The molecule has 0 spiro atoms. The Morgan fingerprint density at radius 1 is 1.28 bits per heavy atom. The standard InChI is InChI=1S/C14H14N2O2/c1-2-18-12-8-4-3-6-10(12)14(17)13-11(15)7-5-9-16-13/h3-9H,2,15H2,1H3. The third-order valence-electron chi connectivity index (χ3n) is 2.49. The number of nitrogens with zero attached hydrogens (tertiary/aromatic N) is 1. The Morgan fingerprint density at radius 3 is 2.78 bits per heavy atom. The molecule has 2 rings (SSSR count). The molecule has 0 saturated heterocycles. The van der Waals surface area contributed by atoms with E-state index in [1.807, 2.05) is 13.0 Å². The minimum atomic E-state index is -0.225. The Kier molecular flexibility index (Phi) is 3.57. The van der Waals surface area contributed by atoms with Crippen molar-refractivity contribution < 1.29 is 9.53 Å². The van der Waals surface area contributed by atoms with E-state index < -0.39 is 0 Å². The highest BCUT2D eigenvalue weighted by Gasteiger charge is 2.17. The summed E-state index contributed by atoms with van der Waals surface area (Å²) in [6.07, 6.45) is 1.55. The first-order valence-corrected chi connectivity index (χ1v) is 5.71. The molecule has 92 valence electrons. The van der Waals surface area contributed by atoms with Gasteiger partial charge in [-0.25, -0.2) is 0 Å². The molecule has 0 bridgehead atoms. The lowest BCUT2D eigenvalue weighted by Gasteiger charge is -2.09. The topological polar surface area (TPSA) is 65.2 Å². The molecule has 0 radical (unpaired) electrons. The molecule has 0 aliphatic carbocycles. The quantitative estimate of drug-likeness (QED) is 0.835. The van der Waals surface area contributed by atoms with Gasteiger partial charge in [0.05, 0.1) is 17.9 Å². The summed E-state index contributed by atoms with van der Waals surface area (Å²) in [4.78, 5) is 16.4. The molecule has 1 aromatic carbocycles. The molecular weight excluding hydrogens is 228 g/mol. The van der Waals surface area contributed by atoms with Gasteiger partial charge in [-0.2, -0.15) is 0 Å². The van der Waals surface area contributed by atoms with Crippen molar-refractivity contribution in [1.29, 1.82) is 0 Å². The average Bonchev–Trinajstić information content (AvgIpc) is 2.40. The molecule has 1 heterocycles. The number of para-hydroxylation sites is 1. The van der Waals surface area contributed by atoms with Crippen LogP contribution in [0.15, 0.2) is 42.6 Å². The van der Waals surface area contributed by atoms with Crippen molar-refractivity contribution in [2.24, 2.45) is 0 Å². The van der Waals surface area contributed by atoms with Gasteiger partial charge in [0.1, 0.15) is 11.4 Å². The molecule has 2 aromatic rings. The van der Waals surface area contributed by atoms with Crippen LogP contribution in [0, 0.1) is 0 Å². The van der Waals surface area contributed by atoms with E-state index in [-0.39, 0.29) is 11.5 Å². The molecule has 1 aromatic heterocycles. The van der Waals surface area contributed by atoms with Gasteiger partial charge in [-0.1, -0.05) is 12.1 Å². The van der Waals surface area contributed by atoms with E-state index in [9.17, 15) is 4.79 Å². The lowest BCUT2D eigenvalue weighted by Crippen LogP contribution is -2.09. The molecule has 18 heavy (non-hydrogen) atoms. The number of ketones is 1.